The molecule has 1 aromatic heterocycles. The standard InChI is InChI=1S/C15H17ClFN3O/c1-10(2)6-18-7-11-8-19-15(20-9-11)21-12-3-4-14(17)13(16)5-12/h3-5,8-10,18H,6-7H2,1-2H3. The summed E-state index contributed by atoms with van der Waals surface area (Å²) in [5, 5.41) is 3.31. The smallest absolute Gasteiger partial charge is 0.321 e. The Morgan fingerprint density at radius 3 is 2.62 bits per heavy atom. The van der Waals surface area contributed by atoms with Crippen molar-refractivity contribution in [3.05, 3.63) is 47.0 Å². The molecule has 2 aromatic rings. The number of aromatic nitrogens is 2. The van der Waals surface area contributed by atoms with Gasteiger partial charge in [-0.25, -0.2) is 14.4 Å². The molecule has 0 saturated heterocycles. The van der Waals surface area contributed by atoms with E-state index in [1.165, 1.54) is 18.2 Å². The van der Waals surface area contributed by atoms with Crippen LogP contribution >= 0.6 is 11.6 Å². The zero-order chi connectivity index (χ0) is 15.2. The Kier molecular flexibility index (Phi) is 5.47. The van der Waals surface area contributed by atoms with E-state index in [1.54, 1.807) is 12.4 Å². The second kappa shape index (κ2) is 7.33. The van der Waals surface area contributed by atoms with E-state index in [-0.39, 0.29) is 11.0 Å². The van der Waals surface area contributed by atoms with Gasteiger partial charge < -0.3 is 10.1 Å². The third-order valence-corrected chi connectivity index (χ3v) is 2.95. The zero-order valence-electron chi connectivity index (χ0n) is 11.9. The summed E-state index contributed by atoms with van der Waals surface area (Å²) in [6.45, 7) is 5.94. The van der Waals surface area contributed by atoms with Gasteiger partial charge in [0.2, 0.25) is 0 Å². The van der Waals surface area contributed by atoms with E-state index in [2.05, 4.69) is 29.1 Å². The minimum absolute atomic E-state index is 0.00186. The molecule has 0 aliphatic rings. The van der Waals surface area contributed by atoms with E-state index in [0.717, 1.165) is 12.1 Å². The normalized spacial score (nSPS) is 10.9. The Morgan fingerprint density at radius 1 is 1.29 bits per heavy atom. The number of hydrogen-bond donors (Lipinski definition) is 1. The molecule has 0 bridgehead atoms. The number of benzene rings is 1. The maximum atomic E-state index is 13.0. The van der Waals surface area contributed by atoms with Crippen LogP contribution < -0.4 is 10.1 Å². The van der Waals surface area contributed by atoms with Crippen LogP contribution in [0.25, 0.3) is 0 Å². The highest BCUT2D eigenvalue weighted by Gasteiger charge is 2.05. The number of nitrogens with zero attached hydrogens (tertiary/aromatic N) is 2. The van der Waals surface area contributed by atoms with Crippen LogP contribution in [-0.2, 0) is 6.54 Å². The summed E-state index contributed by atoms with van der Waals surface area (Å²) in [7, 11) is 0. The van der Waals surface area contributed by atoms with Crippen molar-refractivity contribution >= 4 is 11.6 Å². The third kappa shape index (κ3) is 4.95. The Morgan fingerprint density at radius 2 is 2.00 bits per heavy atom. The van der Waals surface area contributed by atoms with Crippen molar-refractivity contribution in [1.29, 1.82) is 0 Å². The molecule has 21 heavy (non-hydrogen) atoms. The first-order valence-electron chi connectivity index (χ1n) is 6.69. The summed E-state index contributed by atoms with van der Waals surface area (Å²) < 4.78 is 18.5. The Hall–Kier alpha value is -1.72. The number of nitrogens with one attached hydrogen (secondary N) is 1. The molecule has 112 valence electrons. The van der Waals surface area contributed by atoms with Crippen LogP contribution in [0.1, 0.15) is 19.4 Å². The van der Waals surface area contributed by atoms with Gasteiger partial charge in [0.15, 0.2) is 0 Å². The molecular weight excluding hydrogens is 293 g/mol. The van der Waals surface area contributed by atoms with Crippen LogP contribution in [-0.4, -0.2) is 16.5 Å². The predicted molar refractivity (Wildman–Crippen MR) is 80.1 cm³/mol. The maximum absolute atomic E-state index is 13.0. The highest BCUT2D eigenvalue weighted by Crippen LogP contribution is 2.24. The van der Waals surface area contributed by atoms with Crippen molar-refractivity contribution in [2.45, 2.75) is 20.4 Å². The molecule has 6 heteroatoms. The summed E-state index contributed by atoms with van der Waals surface area (Å²) in [5.74, 6) is 0.500. The van der Waals surface area contributed by atoms with Gasteiger partial charge in [-0.2, -0.15) is 0 Å². The van der Waals surface area contributed by atoms with Crippen LogP contribution in [0.2, 0.25) is 5.02 Å². The van der Waals surface area contributed by atoms with Gasteiger partial charge in [0, 0.05) is 30.6 Å². The first-order chi connectivity index (χ1) is 10.0. The fourth-order valence-corrected chi connectivity index (χ4v) is 1.81. The lowest BCUT2D eigenvalue weighted by Crippen LogP contribution is -2.19. The summed E-state index contributed by atoms with van der Waals surface area (Å²) in [5.41, 5.74) is 0.972. The number of halogens is 2. The minimum atomic E-state index is -0.489. The summed E-state index contributed by atoms with van der Waals surface area (Å²) >= 11 is 5.68. The molecule has 0 amide bonds. The molecule has 0 aliphatic carbocycles. The minimum Gasteiger partial charge on any atom is -0.424 e. The molecule has 2 rings (SSSR count). The Labute approximate surface area is 128 Å². The molecule has 0 spiro atoms. The summed E-state index contributed by atoms with van der Waals surface area (Å²) in [4.78, 5) is 8.23. The van der Waals surface area contributed by atoms with Gasteiger partial charge >= 0.3 is 6.01 Å². The van der Waals surface area contributed by atoms with E-state index < -0.39 is 5.82 Å². The molecular formula is C15H17ClFN3O. The first-order valence-corrected chi connectivity index (χ1v) is 7.07. The molecule has 1 N–H and O–H groups in total. The van der Waals surface area contributed by atoms with E-state index >= 15 is 0 Å². The third-order valence-electron chi connectivity index (χ3n) is 2.66. The average molecular weight is 310 g/mol. The second-order valence-corrected chi connectivity index (χ2v) is 5.48. The Bertz CT molecular complexity index is 590. The van der Waals surface area contributed by atoms with Gasteiger partial charge in [-0.1, -0.05) is 25.4 Å². The van der Waals surface area contributed by atoms with Crippen molar-refractivity contribution in [2.75, 3.05) is 6.54 Å². The van der Waals surface area contributed by atoms with Gasteiger partial charge in [-0.05, 0) is 24.6 Å². The SMILES string of the molecule is CC(C)CNCc1cnc(Oc2ccc(F)c(Cl)c2)nc1. The van der Waals surface area contributed by atoms with Gasteiger partial charge in [0.05, 0.1) is 5.02 Å². The predicted octanol–water partition coefficient (Wildman–Crippen LogP) is 3.81. The van der Waals surface area contributed by atoms with Crippen LogP contribution in [0.15, 0.2) is 30.6 Å². The quantitative estimate of drug-likeness (QED) is 0.881. The average Bonchev–Trinajstić information content (AvgIpc) is 2.44. The monoisotopic (exact) mass is 309 g/mol. The lowest BCUT2D eigenvalue weighted by Gasteiger charge is -2.08. The van der Waals surface area contributed by atoms with E-state index in [1.807, 2.05) is 0 Å². The highest BCUT2D eigenvalue weighted by atomic mass is 35.5. The van der Waals surface area contributed by atoms with Gasteiger partial charge in [-0.3, -0.25) is 0 Å². The van der Waals surface area contributed by atoms with E-state index in [9.17, 15) is 4.39 Å². The van der Waals surface area contributed by atoms with Gasteiger partial charge in [-0.15, -0.1) is 0 Å². The van der Waals surface area contributed by atoms with Gasteiger partial charge in [0.1, 0.15) is 11.6 Å². The van der Waals surface area contributed by atoms with Crippen molar-refractivity contribution in [3.8, 4) is 11.8 Å². The molecule has 1 heterocycles. The lowest BCUT2D eigenvalue weighted by atomic mass is 10.2. The first kappa shape index (κ1) is 15.7. The lowest BCUT2D eigenvalue weighted by molar-refractivity contribution is 0.439. The zero-order valence-corrected chi connectivity index (χ0v) is 12.7. The molecule has 0 unspecified atom stereocenters. The van der Waals surface area contributed by atoms with E-state index in [4.69, 9.17) is 16.3 Å². The molecule has 0 aliphatic heterocycles. The van der Waals surface area contributed by atoms with Crippen LogP contribution in [0.3, 0.4) is 0 Å². The number of hydrogen-bond acceptors (Lipinski definition) is 4. The van der Waals surface area contributed by atoms with Crippen LogP contribution in [0.5, 0.6) is 11.8 Å². The molecule has 0 fully saturated rings. The largest absolute Gasteiger partial charge is 0.424 e. The molecule has 0 atom stereocenters. The molecule has 1 aromatic carbocycles. The highest BCUT2D eigenvalue weighted by molar-refractivity contribution is 6.30. The van der Waals surface area contributed by atoms with Crippen molar-refractivity contribution in [1.82, 2.24) is 15.3 Å². The van der Waals surface area contributed by atoms with Gasteiger partial charge in [0.25, 0.3) is 0 Å². The van der Waals surface area contributed by atoms with Crippen LogP contribution in [0, 0.1) is 11.7 Å². The fourth-order valence-electron chi connectivity index (χ4n) is 1.64. The Balaban J connectivity index is 1.94. The van der Waals surface area contributed by atoms with Crippen molar-refractivity contribution in [2.24, 2.45) is 5.92 Å². The molecule has 0 saturated carbocycles. The number of ether oxygens (including phenoxy) is 1. The van der Waals surface area contributed by atoms with Crippen molar-refractivity contribution in [3.63, 3.8) is 0 Å². The van der Waals surface area contributed by atoms with E-state index in [0.29, 0.717) is 18.2 Å². The summed E-state index contributed by atoms with van der Waals surface area (Å²) in [6, 6.07) is 4.30. The fraction of sp³-hybridized carbons (Fsp3) is 0.333. The maximum Gasteiger partial charge on any atom is 0.321 e. The topological polar surface area (TPSA) is 47.0 Å². The second-order valence-electron chi connectivity index (χ2n) is 5.08. The molecule has 4 nitrogen and oxygen atoms in total. The number of rotatable bonds is 6. The van der Waals surface area contributed by atoms with Crippen LogP contribution in [0.4, 0.5) is 4.39 Å². The molecule has 0 radical (unpaired) electrons. The summed E-state index contributed by atoms with van der Waals surface area (Å²) in [6.07, 6.45) is 3.39. The van der Waals surface area contributed by atoms with Crippen molar-refractivity contribution < 1.29 is 9.13 Å².